The summed E-state index contributed by atoms with van der Waals surface area (Å²) in [7, 11) is 0. The van der Waals surface area contributed by atoms with E-state index in [0.29, 0.717) is 18.3 Å². The fraction of sp³-hybridized carbons (Fsp3) is 0.947. The lowest BCUT2D eigenvalue weighted by Crippen LogP contribution is -2.12. The molecule has 2 heteroatoms. The van der Waals surface area contributed by atoms with Crippen LogP contribution in [0.1, 0.15) is 93.4 Å². The molecule has 0 spiro atoms. The van der Waals surface area contributed by atoms with E-state index in [0.717, 1.165) is 24.7 Å². The van der Waals surface area contributed by atoms with E-state index in [9.17, 15) is 4.79 Å². The molecule has 0 bridgehead atoms. The number of hydrogen-bond donors (Lipinski definition) is 1. The van der Waals surface area contributed by atoms with Crippen LogP contribution in [0.15, 0.2) is 0 Å². The third kappa shape index (κ3) is 15.7. The Labute approximate surface area is 133 Å². The zero-order chi connectivity index (χ0) is 16.8. The van der Waals surface area contributed by atoms with Crippen LogP contribution in [0.3, 0.4) is 0 Å². The largest absolute Gasteiger partial charge is 0.481 e. The molecule has 0 heterocycles. The van der Waals surface area contributed by atoms with Crippen LogP contribution in [0.4, 0.5) is 0 Å². The Morgan fingerprint density at radius 1 is 0.810 bits per heavy atom. The van der Waals surface area contributed by atoms with E-state index in [-0.39, 0.29) is 0 Å². The fourth-order valence-electron chi connectivity index (χ4n) is 2.27. The first kappa shape index (κ1) is 22.7. The second-order valence-corrected chi connectivity index (χ2v) is 7.03. The molecule has 0 radical (unpaired) electrons. The van der Waals surface area contributed by atoms with Gasteiger partial charge in [-0.1, -0.05) is 80.6 Å². The topological polar surface area (TPSA) is 37.3 Å². The van der Waals surface area contributed by atoms with Crippen molar-refractivity contribution in [3.63, 3.8) is 0 Å². The third-order valence-electron chi connectivity index (χ3n) is 4.42. The van der Waals surface area contributed by atoms with Gasteiger partial charge in [0.15, 0.2) is 0 Å². The molecule has 0 aliphatic rings. The molecular weight excluding hydrogens is 260 g/mol. The maximum atomic E-state index is 10.6. The zero-order valence-electron chi connectivity index (χ0n) is 15.6. The Morgan fingerprint density at radius 2 is 1.19 bits per heavy atom. The van der Waals surface area contributed by atoms with E-state index in [1.807, 2.05) is 6.92 Å². The second kappa shape index (κ2) is 14.4. The Bertz CT molecular complexity index is 238. The van der Waals surface area contributed by atoms with Crippen molar-refractivity contribution in [1.29, 1.82) is 0 Å². The van der Waals surface area contributed by atoms with Crippen molar-refractivity contribution in [2.75, 3.05) is 0 Å². The van der Waals surface area contributed by atoms with E-state index < -0.39 is 5.97 Å². The molecule has 2 nitrogen and oxygen atoms in total. The van der Waals surface area contributed by atoms with Gasteiger partial charge in [0, 0.05) is 6.42 Å². The molecule has 0 fully saturated rings. The summed E-state index contributed by atoms with van der Waals surface area (Å²) in [5.74, 6) is 1.96. The molecule has 0 aromatic carbocycles. The quantitative estimate of drug-likeness (QED) is 0.507. The summed E-state index contributed by atoms with van der Waals surface area (Å²) in [6, 6.07) is 0. The van der Waals surface area contributed by atoms with E-state index in [4.69, 9.17) is 5.11 Å². The molecule has 21 heavy (non-hydrogen) atoms. The molecule has 0 saturated carbocycles. The molecule has 0 aromatic heterocycles. The average Bonchev–Trinajstić information content (AvgIpc) is 2.41. The normalized spacial score (nSPS) is 16.3. The van der Waals surface area contributed by atoms with Crippen molar-refractivity contribution >= 4 is 5.97 Å². The van der Waals surface area contributed by atoms with Crippen LogP contribution in [0.25, 0.3) is 0 Å². The van der Waals surface area contributed by atoms with E-state index in [1.165, 1.54) is 25.7 Å². The predicted octanol–water partition coefficient (Wildman–Crippen LogP) is 6.39. The Kier molecular flexibility index (Phi) is 15.6. The molecule has 1 N–H and O–H groups in total. The van der Waals surface area contributed by atoms with Crippen LogP contribution in [0, 0.1) is 23.7 Å². The monoisotopic (exact) mass is 300 g/mol. The number of rotatable bonds is 10. The molecule has 0 aromatic rings. The van der Waals surface area contributed by atoms with Gasteiger partial charge in [0.2, 0.25) is 0 Å². The van der Waals surface area contributed by atoms with Gasteiger partial charge >= 0.3 is 5.97 Å². The number of carboxylic acids is 1. The minimum absolute atomic E-state index is 0.312. The standard InChI is InChI=1S/C16H32O2.C3H8/c1-6-12(2)7-9-14(4)15(5)10-8-13(3)11-16(17)18;1-3-2/h12-15H,6-11H2,1-5H3,(H,17,18);3H2,1-2H3. The SMILES string of the molecule is CCC.CCC(C)CCC(C)C(C)CCC(C)CC(=O)O. The molecular formula is C19H40O2. The highest BCUT2D eigenvalue weighted by Crippen LogP contribution is 2.26. The first-order valence-corrected chi connectivity index (χ1v) is 8.99. The van der Waals surface area contributed by atoms with Crippen molar-refractivity contribution < 1.29 is 9.90 Å². The lowest BCUT2D eigenvalue weighted by atomic mass is 9.84. The molecule has 0 amide bonds. The number of hydrogen-bond acceptors (Lipinski definition) is 1. The first-order chi connectivity index (χ1) is 9.78. The van der Waals surface area contributed by atoms with E-state index >= 15 is 0 Å². The third-order valence-corrected chi connectivity index (χ3v) is 4.42. The van der Waals surface area contributed by atoms with E-state index in [2.05, 4.69) is 41.5 Å². The highest BCUT2D eigenvalue weighted by molar-refractivity contribution is 5.66. The summed E-state index contributed by atoms with van der Waals surface area (Å²) < 4.78 is 0. The van der Waals surface area contributed by atoms with Gasteiger partial charge in [-0.3, -0.25) is 4.79 Å². The van der Waals surface area contributed by atoms with Crippen LogP contribution < -0.4 is 0 Å². The van der Waals surface area contributed by atoms with Crippen LogP contribution in [0.5, 0.6) is 0 Å². The van der Waals surface area contributed by atoms with Crippen LogP contribution in [0.2, 0.25) is 0 Å². The molecule has 0 aliphatic heterocycles. The zero-order valence-corrected chi connectivity index (χ0v) is 15.6. The van der Waals surface area contributed by atoms with Gasteiger partial charge in [-0.05, 0) is 30.1 Å². The van der Waals surface area contributed by atoms with Crippen LogP contribution >= 0.6 is 0 Å². The number of aliphatic carboxylic acids is 1. The van der Waals surface area contributed by atoms with Crippen molar-refractivity contribution in [1.82, 2.24) is 0 Å². The highest BCUT2D eigenvalue weighted by atomic mass is 16.4. The number of carboxylic acid groups (broad SMARTS) is 1. The Balaban J connectivity index is 0. The number of carbonyl (C=O) groups is 1. The summed E-state index contributed by atoms with van der Waals surface area (Å²) in [5, 5.41) is 8.73. The smallest absolute Gasteiger partial charge is 0.303 e. The van der Waals surface area contributed by atoms with Crippen LogP contribution in [-0.4, -0.2) is 11.1 Å². The minimum Gasteiger partial charge on any atom is -0.481 e. The highest BCUT2D eigenvalue weighted by Gasteiger charge is 2.15. The summed E-state index contributed by atoms with van der Waals surface area (Å²) in [6.45, 7) is 15.5. The molecule has 0 rings (SSSR count). The van der Waals surface area contributed by atoms with Crippen molar-refractivity contribution in [2.45, 2.75) is 93.4 Å². The summed E-state index contributed by atoms with van der Waals surface area (Å²) in [6.07, 6.45) is 7.68. The second-order valence-electron chi connectivity index (χ2n) is 7.03. The fourth-order valence-corrected chi connectivity index (χ4v) is 2.27. The van der Waals surface area contributed by atoms with Crippen LogP contribution in [-0.2, 0) is 4.79 Å². The predicted molar refractivity (Wildman–Crippen MR) is 93.6 cm³/mol. The van der Waals surface area contributed by atoms with Gasteiger partial charge in [-0.15, -0.1) is 0 Å². The maximum absolute atomic E-state index is 10.6. The van der Waals surface area contributed by atoms with Gasteiger partial charge in [0.05, 0.1) is 0 Å². The molecule has 4 unspecified atom stereocenters. The minimum atomic E-state index is -0.667. The molecule has 0 saturated heterocycles. The van der Waals surface area contributed by atoms with E-state index in [1.54, 1.807) is 0 Å². The molecule has 4 atom stereocenters. The maximum Gasteiger partial charge on any atom is 0.303 e. The molecule has 128 valence electrons. The lowest BCUT2D eigenvalue weighted by Gasteiger charge is -2.22. The van der Waals surface area contributed by atoms with Gasteiger partial charge in [0.25, 0.3) is 0 Å². The summed E-state index contributed by atoms with van der Waals surface area (Å²) in [4.78, 5) is 10.6. The van der Waals surface area contributed by atoms with Gasteiger partial charge in [-0.2, -0.15) is 0 Å². The lowest BCUT2D eigenvalue weighted by molar-refractivity contribution is -0.138. The van der Waals surface area contributed by atoms with Gasteiger partial charge < -0.3 is 5.11 Å². The average molecular weight is 301 g/mol. The Hall–Kier alpha value is -0.530. The van der Waals surface area contributed by atoms with Crippen molar-refractivity contribution in [3.8, 4) is 0 Å². The van der Waals surface area contributed by atoms with Crippen molar-refractivity contribution in [3.05, 3.63) is 0 Å². The first-order valence-electron chi connectivity index (χ1n) is 8.99. The Morgan fingerprint density at radius 3 is 1.52 bits per heavy atom. The summed E-state index contributed by atoms with van der Waals surface area (Å²) in [5.41, 5.74) is 0. The molecule has 0 aliphatic carbocycles. The van der Waals surface area contributed by atoms with Crippen molar-refractivity contribution in [2.24, 2.45) is 23.7 Å². The van der Waals surface area contributed by atoms with Gasteiger partial charge in [0.1, 0.15) is 0 Å². The summed E-state index contributed by atoms with van der Waals surface area (Å²) >= 11 is 0. The van der Waals surface area contributed by atoms with Gasteiger partial charge in [-0.25, -0.2) is 0 Å².